The number of aromatic nitrogens is 1. The van der Waals surface area contributed by atoms with Gasteiger partial charge in [-0.15, -0.1) is 0 Å². The van der Waals surface area contributed by atoms with Crippen LogP contribution in [0.25, 0.3) is 0 Å². The predicted octanol–water partition coefficient (Wildman–Crippen LogP) is 2.26. The molecule has 0 radical (unpaired) electrons. The van der Waals surface area contributed by atoms with Gasteiger partial charge in [0.1, 0.15) is 6.61 Å². The van der Waals surface area contributed by atoms with Crippen LogP contribution in [0.1, 0.15) is 19.3 Å². The van der Waals surface area contributed by atoms with Crippen LogP contribution in [0.3, 0.4) is 0 Å². The Labute approximate surface area is 113 Å². The summed E-state index contributed by atoms with van der Waals surface area (Å²) < 4.78 is 7.48. The molecule has 18 heavy (non-hydrogen) atoms. The van der Waals surface area contributed by atoms with Crippen molar-refractivity contribution in [3.8, 4) is 0 Å². The minimum atomic E-state index is -0.254. The Balaban J connectivity index is 1.86. The quantitative estimate of drug-likeness (QED) is 0.801. The normalized spacial score (nSPS) is 14.4. The van der Waals surface area contributed by atoms with Gasteiger partial charge in [-0.05, 0) is 41.3 Å². The van der Waals surface area contributed by atoms with Crippen molar-refractivity contribution >= 4 is 21.9 Å². The molecule has 0 aromatic carbocycles. The number of carbonyl (C=O) groups is 1. The van der Waals surface area contributed by atoms with Crippen molar-refractivity contribution in [2.24, 2.45) is 0 Å². The monoisotopic (exact) mass is 311 g/mol. The second kappa shape index (κ2) is 6.00. The lowest BCUT2D eigenvalue weighted by molar-refractivity contribution is -0.139. The van der Waals surface area contributed by atoms with Crippen LogP contribution >= 0.6 is 15.9 Å². The van der Waals surface area contributed by atoms with E-state index in [0.29, 0.717) is 6.54 Å². The van der Waals surface area contributed by atoms with Gasteiger partial charge < -0.3 is 9.30 Å². The third-order valence-electron chi connectivity index (χ3n) is 2.82. The van der Waals surface area contributed by atoms with Crippen molar-refractivity contribution in [2.45, 2.75) is 25.8 Å². The smallest absolute Gasteiger partial charge is 0.333 e. The van der Waals surface area contributed by atoms with Crippen LogP contribution in [-0.2, 0) is 16.1 Å². The number of esters is 1. The summed E-state index contributed by atoms with van der Waals surface area (Å²) in [4.78, 5) is 23.1. The summed E-state index contributed by atoms with van der Waals surface area (Å²) >= 11 is 3.29. The molecule has 0 spiro atoms. The van der Waals surface area contributed by atoms with Gasteiger partial charge in [0, 0.05) is 22.3 Å². The van der Waals surface area contributed by atoms with Crippen LogP contribution in [-0.4, -0.2) is 17.1 Å². The van der Waals surface area contributed by atoms with E-state index in [9.17, 15) is 9.59 Å². The largest absolute Gasteiger partial charge is 0.460 e. The first-order chi connectivity index (χ1) is 8.66. The molecule has 1 heterocycles. The summed E-state index contributed by atoms with van der Waals surface area (Å²) in [5.41, 5.74) is 0.658. The van der Waals surface area contributed by atoms with Crippen LogP contribution in [0, 0.1) is 0 Å². The molecule has 2 rings (SSSR count). The van der Waals surface area contributed by atoms with Gasteiger partial charge in [0.15, 0.2) is 0 Å². The Morgan fingerprint density at radius 3 is 3.00 bits per heavy atom. The maximum absolute atomic E-state index is 11.6. The summed E-state index contributed by atoms with van der Waals surface area (Å²) in [5.74, 6) is -0.254. The van der Waals surface area contributed by atoms with Crippen molar-refractivity contribution in [3.63, 3.8) is 0 Å². The Morgan fingerprint density at radius 2 is 2.28 bits per heavy atom. The summed E-state index contributed by atoms with van der Waals surface area (Å²) in [6.45, 7) is 0.587. The summed E-state index contributed by atoms with van der Waals surface area (Å²) in [5, 5.41) is 0. The topological polar surface area (TPSA) is 48.3 Å². The lowest BCUT2D eigenvalue weighted by atomic mass is 10.2. The minimum absolute atomic E-state index is 0.102. The van der Waals surface area contributed by atoms with Gasteiger partial charge in [-0.3, -0.25) is 4.79 Å². The van der Waals surface area contributed by atoms with Crippen molar-refractivity contribution in [1.29, 1.82) is 0 Å². The fraction of sp³-hybridized carbons (Fsp3) is 0.385. The van der Waals surface area contributed by atoms with Gasteiger partial charge >= 0.3 is 5.97 Å². The van der Waals surface area contributed by atoms with E-state index in [1.54, 1.807) is 12.3 Å². The number of ether oxygens (including phenoxy) is 1. The fourth-order valence-corrected chi connectivity index (χ4v) is 2.24. The van der Waals surface area contributed by atoms with E-state index in [0.717, 1.165) is 29.3 Å². The molecule has 5 heteroatoms. The number of carbonyl (C=O) groups excluding carboxylic acids is 1. The van der Waals surface area contributed by atoms with Gasteiger partial charge in [-0.2, -0.15) is 0 Å². The highest BCUT2D eigenvalue weighted by atomic mass is 79.9. The third kappa shape index (κ3) is 3.32. The molecule has 0 saturated carbocycles. The highest BCUT2D eigenvalue weighted by Crippen LogP contribution is 2.18. The van der Waals surface area contributed by atoms with Gasteiger partial charge in [-0.1, -0.05) is 6.08 Å². The molecule has 1 aromatic heterocycles. The average Bonchev–Trinajstić information content (AvgIpc) is 2.87. The molecule has 1 aliphatic carbocycles. The van der Waals surface area contributed by atoms with Crippen LogP contribution < -0.4 is 5.56 Å². The summed E-state index contributed by atoms with van der Waals surface area (Å²) in [6.07, 6.45) is 6.39. The highest BCUT2D eigenvalue weighted by Gasteiger charge is 2.14. The van der Waals surface area contributed by atoms with E-state index >= 15 is 0 Å². The maximum atomic E-state index is 11.6. The number of hydrogen-bond acceptors (Lipinski definition) is 3. The number of halogens is 1. The van der Waals surface area contributed by atoms with Gasteiger partial charge in [0.2, 0.25) is 0 Å². The van der Waals surface area contributed by atoms with Crippen molar-refractivity contribution in [2.75, 3.05) is 6.61 Å². The average molecular weight is 312 g/mol. The second-order valence-electron chi connectivity index (χ2n) is 4.14. The first-order valence-electron chi connectivity index (χ1n) is 5.89. The number of hydrogen-bond donors (Lipinski definition) is 0. The molecule has 1 aromatic rings. The zero-order chi connectivity index (χ0) is 13.0. The number of nitrogens with zero attached hydrogens (tertiary/aromatic N) is 1. The van der Waals surface area contributed by atoms with Gasteiger partial charge in [0.25, 0.3) is 5.56 Å². The number of rotatable bonds is 4. The molecule has 1 aliphatic rings. The zero-order valence-corrected chi connectivity index (χ0v) is 11.5. The number of pyridine rings is 1. The van der Waals surface area contributed by atoms with E-state index < -0.39 is 0 Å². The van der Waals surface area contributed by atoms with E-state index in [4.69, 9.17) is 4.74 Å². The van der Waals surface area contributed by atoms with Crippen LogP contribution in [0.15, 0.2) is 39.2 Å². The van der Waals surface area contributed by atoms with E-state index in [1.807, 2.05) is 6.08 Å². The van der Waals surface area contributed by atoms with E-state index in [2.05, 4.69) is 15.9 Å². The van der Waals surface area contributed by atoms with E-state index in [-0.39, 0.29) is 18.1 Å². The van der Waals surface area contributed by atoms with Crippen molar-refractivity contribution in [1.82, 2.24) is 4.57 Å². The van der Waals surface area contributed by atoms with Crippen molar-refractivity contribution < 1.29 is 9.53 Å². The molecule has 0 atom stereocenters. The molecule has 0 amide bonds. The molecule has 0 unspecified atom stereocenters. The molecule has 0 fully saturated rings. The summed E-state index contributed by atoms with van der Waals surface area (Å²) in [7, 11) is 0. The Bertz CT molecular complexity index is 533. The Kier molecular flexibility index (Phi) is 4.36. The molecule has 0 bridgehead atoms. The number of allylic oxidation sites excluding steroid dienone is 1. The lowest BCUT2D eigenvalue weighted by Crippen LogP contribution is -2.22. The summed E-state index contributed by atoms with van der Waals surface area (Å²) in [6, 6.07) is 3.17. The van der Waals surface area contributed by atoms with Crippen LogP contribution in [0.2, 0.25) is 0 Å². The van der Waals surface area contributed by atoms with Crippen LogP contribution in [0.5, 0.6) is 0 Å². The van der Waals surface area contributed by atoms with Crippen molar-refractivity contribution in [3.05, 3.63) is 44.8 Å². The Morgan fingerprint density at radius 1 is 1.44 bits per heavy atom. The third-order valence-corrected chi connectivity index (χ3v) is 3.28. The first kappa shape index (κ1) is 13.1. The zero-order valence-electron chi connectivity index (χ0n) is 9.89. The van der Waals surface area contributed by atoms with Gasteiger partial charge in [-0.25, -0.2) is 4.79 Å². The second-order valence-corrected chi connectivity index (χ2v) is 5.05. The SMILES string of the molecule is O=C(OCCn1cc(Br)ccc1=O)C1=CCCC1. The lowest BCUT2D eigenvalue weighted by Gasteiger charge is -2.07. The predicted molar refractivity (Wildman–Crippen MR) is 71.3 cm³/mol. The molecule has 0 aliphatic heterocycles. The first-order valence-corrected chi connectivity index (χ1v) is 6.68. The molecule has 4 nitrogen and oxygen atoms in total. The highest BCUT2D eigenvalue weighted by molar-refractivity contribution is 9.10. The molecule has 0 N–H and O–H groups in total. The molecule has 96 valence electrons. The molecular formula is C13H14BrNO3. The minimum Gasteiger partial charge on any atom is -0.460 e. The van der Waals surface area contributed by atoms with E-state index in [1.165, 1.54) is 10.6 Å². The Hall–Kier alpha value is -1.36. The van der Waals surface area contributed by atoms with Crippen LogP contribution in [0.4, 0.5) is 0 Å². The molecule has 0 saturated heterocycles. The molecular weight excluding hydrogens is 298 g/mol. The standard InChI is InChI=1S/C13H14BrNO3/c14-11-5-6-12(16)15(9-11)7-8-18-13(17)10-3-1-2-4-10/h3,5-6,9H,1-2,4,7-8H2. The fourth-order valence-electron chi connectivity index (χ4n) is 1.86. The maximum Gasteiger partial charge on any atom is 0.333 e. The van der Waals surface area contributed by atoms with Gasteiger partial charge in [0.05, 0.1) is 6.54 Å².